The van der Waals surface area contributed by atoms with Crippen LogP contribution in [-0.4, -0.2) is 22.0 Å². The lowest BCUT2D eigenvalue weighted by atomic mass is 10.1. The minimum atomic E-state index is 0.720. The summed E-state index contributed by atoms with van der Waals surface area (Å²) in [5.41, 5.74) is 3.08. The number of anilines is 1. The van der Waals surface area contributed by atoms with Crippen molar-refractivity contribution in [2.75, 3.05) is 12.4 Å². The SMILES string of the molecule is CNc1nc(-c2cnccc2C)nc(C)c1I. The van der Waals surface area contributed by atoms with Crippen molar-refractivity contribution < 1.29 is 0 Å². The van der Waals surface area contributed by atoms with Gasteiger partial charge in [0.05, 0.1) is 9.26 Å². The molecule has 0 unspecified atom stereocenters. The summed E-state index contributed by atoms with van der Waals surface area (Å²) in [5.74, 6) is 1.58. The van der Waals surface area contributed by atoms with E-state index >= 15 is 0 Å². The first-order valence-electron chi connectivity index (χ1n) is 5.26. The Balaban J connectivity index is 2.61. The summed E-state index contributed by atoms with van der Waals surface area (Å²) in [5, 5.41) is 3.09. The molecular formula is C12H13IN4. The molecule has 4 nitrogen and oxygen atoms in total. The summed E-state index contributed by atoms with van der Waals surface area (Å²) >= 11 is 2.25. The van der Waals surface area contributed by atoms with Gasteiger partial charge in [-0.3, -0.25) is 4.98 Å². The van der Waals surface area contributed by atoms with E-state index in [4.69, 9.17) is 0 Å². The fraction of sp³-hybridized carbons (Fsp3) is 0.250. The molecule has 1 N–H and O–H groups in total. The second-order valence-electron chi connectivity index (χ2n) is 3.74. The van der Waals surface area contributed by atoms with Crippen LogP contribution >= 0.6 is 22.6 Å². The van der Waals surface area contributed by atoms with Crippen LogP contribution in [0, 0.1) is 17.4 Å². The number of pyridine rings is 1. The van der Waals surface area contributed by atoms with E-state index in [1.54, 1.807) is 12.4 Å². The third-order valence-corrected chi connectivity index (χ3v) is 3.83. The van der Waals surface area contributed by atoms with E-state index in [0.717, 1.165) is 32.0 Å². The van der Waals surface area contributed by atoms with E-state index in [9.17, 15) is 0 Å². The van der Waals surface area contributed by atoms with Gasteiger partial charge >= 0.3 is 0 Å². The molecule has 88 valence electrons. The number of nitrogens with zero attached hydrogens (tertiary/aromatic N) is 3. The Morgan fingerprint density at radius 1 is 1.24 bits per heavy atom. The molecule has 0 aliphatic carbocycles. The average Bonchev–Trinajstić information content (AvgIpc) is 2.33. The first kappa shape index (κ1) is 12.2. The molecule has 0 atom stereocenters. The number of aromatic nitrogens is 3. The molecule has 0 fully saturated rings. The summed E-state index contributed by atoms with van der Waals surface area (Å²) in [6.45, 7) is 4.02. The normalized spacial score (nSPS) is 10.4. The molecule has 0 aliphatic heterocycles. The lowest BCUT2D eigenvalue weighted by molar-refractivity contribution is 1.08. The zero-order valence-electron chi connectivity index (χ0n) is 9.95. The van der Waals surface area contributed by atoms with Gasteiger partial charge in [0.25, 0.3) is 0 Å². The van der Waals surface area contributed by atoms with Crippen LogP contribution in [0.25, 0.3) is 11.4 Å². The molecule has 2 heterocycles. The number of hydrogen-bond donors (Lipinski definition) is 1. The van der Waals surface area contributed by atoms with Crippen LogP contribution in [0.3, 0.4) is 0 Å². The van der Waals surface area contributed by atoms with Gasteiger partial charge in [0.15, 0.2) is 5.82 Å². The fourth-order valence-electron chi connectivity index (χ4n) is 1.54. The summed E-state index contributed by atoms with van der Waals surface area (Å²) in [4.78, 5) is 13.2. The van der Waals surface area contributed by atoms with Crippen LogP contribution in [0.1, 0.15) is 11.3 Å². The minimum Gasteiger partial charge on any atom is -0.372 e. The molecule has 2 aromatic rings. The fourth-order valence-corrected chi connectivity index (χ4v) is 2.05. The highest BCUT2D eigenvalue weighted by atomic mass is 127. The first-order valence-corrected chi connectivity index (χ1v) is 6.34. The molecule has 2 rings (SSSR count). The van der Waals surface area contributed by atoms with Crippen LogP contribution in [0.5, 0.6) is 0 Å². The van der Waals surface area contributed by atoms with Gasteiger partial charge in [-0.25, -0.2) is 9.97 Å². The predicted octanol–water partition coefficient (Wildman–Crippen LogP) is 2.80. The van der Waals surface area contributed by atoms with E-state index in [-0.39, 0.29) is 0 Å². The van der Waals surface area contributed by atoms with Crippen molar-refractivity contribution in [1.82, 2.24) is 15.0 Å². The first-order chi connectivity index (χ1) is 8.13. The highest BCUT2D eigenvalue weighted by Gasteiger charge is 2.11. The molecule has 0 amide bonds. The Labute approximate surface area is 114 Å². The van der Waals surface area contributed by atoms with Crippen molar-refractivity contribution in [2.24, 2.45) is 0 Å². The van der Waals surface area contributed by atoms with E-state index in [1.807, 2.05) is 27.0 Å². The monoisotopic (exact) mass is 340 g/mol. The Bertz CT molecular complexity index is 554. The second kappa shape index (κ2) is 4.95. The lowest BCUT2D eigenvalue weighted by Crippen LogP contribution is -2.03. The number of aryl methyl sites for hydroxylation is 2. The molecule has 0 radical (unpaired) electrons. The standard InChI is InChI=1S/C12H13IN4/c1-7-4-5-15-6-9(7)11-16-8(2)10(13)12(14-3)17-11/h4-6H,1-3H3,(H,14,16,17). The number of hydrogen-bond acceptors (Lipinski definition) is 4. The second-order valence-corrected chi connectivity index (χ2v) is 4.81. The van der Waals surface area contributed by atoms with Crippen molar-refractivity contribution >= 4 is 28.4 Å². The molecule has 0 aliphatic rings. The largest absolute Gasteiger partial charge is 0.372 e. The van der Waals surface area contributed by atoms with Gasteiger partial charge in [0.2, 0.25) is 0 Å². The maximum atomic E-state index is 4.51. The van der Waals surface area contributed by atoms with Crippen molar-refractivity contribution in [3.63, 3.8) is 0 Å². The lowest BCUT2D eigenvalue weighted by Gasteiger charge is -2.09. The minimum absolute atomic E-state index is 0.720. The number of nitrogens with one attached hydrogen (secondary N) is 1. The maximum absolute atomic E-state index is 4.51. The smallest absolute Gasteiger partial charge is 0.163 e. The average molecular weight is 340 g/mol. The third kappa shape index (κ3) is 2.38. The van der Waals surface area contributed by atoms with Gasteiger partial charge in [-0.15, -0.1) is 0 Å². The van der Waals surface area contributed by atoms with Crippen molar-refractivity contribution in [2.45, 2.75) is 13.8 Å². The Morgan fingerprint density at radius 3 is 2.65 bits per heavy atom. The van der Waals surface area contributed by atoms with Gasteiger partial charge < -0.3 is 5.32 Å². The summed E-state index contributed by atoms with van der Waals surface area (Å²) < 4.78 is 1.05. The molecular weight excluding hydrogens is 327 g/mol. The van der Waals surface area contributed by atoms with E-state index in [0.29, 0.717) is 0 Å². The zero-order chi connectivity index (χ0) is 12.4. The Morgan fingerprint density at radius 2 is 2.00 bits per heavy atom. The van der Waals surface area contributed by atoms with Gasteiger partial charge in [0.1, 0.15) is 5.82 Å². The van der Waals surface area contributed by atoms with Crippen LogP contribution in [0.2, 0.25) is 0 Å². The maximum Gasteiger partial charge on any atom is 0.163 e. The third-order valence-electron chi connectivity index (χ3n) is 2.53. The predicted molar refractivity (Wildman–Crippen MR) is 77.0 cm³/mol. The summed E-state index contributed by atoms with van der Waals surface area (Å²) in [6.07, 6.45) is 3.58. The molecule has 5 heteroatoms. The Kier molecular flexibility index (Phi) is 3.56. The van der Waals surface area contributed by atoms with E-state index in [1.165, 1.54) is 0 Å². The molecule has 0 saturated carbocycles. The van der Waals surface area contributed by atoms with Gasteiger partial charge in [-0.05, 0) is 48.1 Å². The highest BCUT2D eigenvalue weighted by Crippen LogP contribution is 2.24. The van der Waals surface area contributed by atoms with Crippen LogP contribution in [0.4, 0.5) is 5.82 Å². The van der Waals surface area contributed by atoms with Gasteiger partial charge in [0, 0.05) is 25.0 Å². The van der Waals surface area contributed by atoms with E-state index < -0.39 is 0 Å². The quantitative estimate of drug-likeness (QED) is 0.855. The van der Waals surface area contributed by atoms with Gasteiger partial charge in [-0.2, -0.15) is 0 Å². The summed E-state index contributed by atoms with van der Waals surface area (Å²) in [6, 6.07) is 1.96. The van der Waals surface area contributed by atoms with Crippen molar-refractivity contribution in [1.29, 1.82) is 0 Å². The number of rotatable bonds is 2. The molecule has 2 aromatic heterocycles. The molecule has 17 heavy (non-hydrogen) atoms. The van der Waals surface area contributed by atoms with Gasteiger partial charge in [-0.1, -0.05) is 0 Å². The molecule has 0 saturated heterocycles. The number of halogens is 1. The van der Waals surface area contributed by atoms with Crippen molar-refractivity contribution in [3.05, 3.63) is 33.3 Å². The van der Waals surface area contributed by atoms with Crippen LogP contribution in [0.15, 0.2) is 18.5 Å². The highest BCUT2D eigenvalue weighted by molar-refractivity contribution is 14.1. The Hall–Kier alpha value is -1.24. The molecule has 0 bridgehead atoms. The van der Waals surface area contributed by atoms with Crippen LogP contribution in [-0.2, 0) is 0 Å². The molecule has 0 spiro atoms. The topological polar surface area (TPSA) is 50.7 Å². The summed E-state index contributed by atoms with van der Waals surface area (Å²) in [7, 11) is 1.86. The van der Waals surface area contributed by atoms with Crippen LogP contribution < -0.4 is 5.32 Å². The van der Waals surface area contributed by atoms with Crippen molar-refractivity contribution in [3.8, 4) is 11.4 Å². The zero-order valence-corrected chi connectivity index (χ0v) is 12.1. The van der Waals surface area contributed by atoms with E-state index in [2.05, 4.69) is 42.9 Å². The molecule has 0 aromatic carbocycles.